The number of anilines is 1. The Bertz CT molecular complexity index is 1880. The van der Waals surface area contributed by atoms with E-state index in [-0.39, 0.29) is 24.7 Å². The third-order valence-corrected chi connectivity index (χ3v) is 11.2. The van der Waals surface area contributed by atoms with Gasteiger partial charge in [-0.1, -0.05) is 72.8 Å². The first-order chi connectivity index (χ1) is 22.2. The van der Waals surface area contributed by atoms with Crippen molar-refractivity contribution >= 4 is 59.1 Å². The molecule has 3 aromatic carbocycles. The fourth-order valence-electron chi connectivity index (χ4n) is 5.44. The van der Waals surface area contributed by atoms with Crippen molar-refractivity contribution in [2.24, 2.45) is 0 Å². The lowest BCUT2D eigenvalue weighted by Crippen LogP contribution is -2.31. The van der Waals surface area contributed by atoms with Crippen LogP contribution >= 0.6 is 30.5 Å². The third kappa shape index (κ3) is 6.05. The Hall–Kier alpha value is -4.11. The molecule has 0 saturated carbocycles. The van der Waals surface area contributed by atoms with E-state index in [1.54, 1.807) is 60.8 Å². The zero-order chi connectivity index (χ0) is 32.4. The minimum Gasteiger partial charge on any atom is -0.402 e. The van der Waals surface area contributed by atoms with Crippen molar-refractivity contribution in [3.05, 3.63) is 118 Å². The van der Waals surface area contributed by atoms with Crippen molar-refractivity contribution in [2.75, 3.05) is 18.1 Å². The standard InChI is InChI=1S/C36H32NO6PS2/c1-5-41-44(40,42-6-2)43-30-20-14-13-19-29(30)37-35(38)33(27-21-31(45-23(27)3)25-15-9-7-10-16-25)34(36(37)39)28-22-32(46-24(28)4)26-17-11-8-12-18-26/h7-22H,5-6H2,1-4H3. The van der Waals surface area contributed by atoms with E-state index in [2.05, 4.69) is 0 Å². The number of carbonyl (C=O) groups is 2. The summed E-state index contributed by atoms with van der Waals surface area (Å²) in [6.07, 6.45) is 0. The summed E-state index contributed by atoms with van der Waals surface area (Å²) in [5.74, 6) is -0.953. The molecule has 234 valence electrons. The molecule has 0 N–H and O–H groups in total. The normalized spacial score (nSPS) is 13.6. The van der Waals surface area contributed by atoms with Gasteiger partial charge in [-0.3, -0.25) is 18.6 Å². The van der Waals surface area contributed by atoms with Crippen LogP contribution in [0.5, 0.6) is 5.75 Å². The molecule has 0 atom stereocenters. The van der Waals surface area contributed by atoms with Crippen LogP contribution in [0.15, 0.2) is 97.1 Å². The van der Waals surface area contributed by atoms with Crippen LogP contribution < -0.4 is 9.42 Å². The number of phosphoric acid groups is 1. The summed E-state index contributed by atoms with van der Waals surface area (Å²) in [7, 11) is -4.03. The third-order valence-electron chi connectivity index (χ3n) is 7.47. The number of hydrogen-bond donors (Lipinski definition) is 0. The number of benzene rings is 3. The van der Waals surface area contributed by atoms with Gasteiger partial charge in [-0.15, -0.1) is 22.7 Å². The van der Waals surface area contributed by atoms with Crippen molar-refractivity contribution in [2.45, 2.75) is 27.7 Å². The second-order valence-electron chi connectivity index (χ2n) is 10.4. The SMILES string of the molecule is CCOP(=O)(OCC)Oc1ccccc1N1C(=O)C(c2cc(-c3ccccc3)sc2C)=C(c2cc(-c3ccccc3)sc2C)C1=O. The highest BCUT2D eigenvalue weighted by Crippen LogP contribution is 2.53. The predicted octanol–water partition coefficient (Wildman–Crippen LogP) is 9.80. The highest BCUT2D eigenvalue weighted by molar-refractivity contribution is 7.48. The van der Waals surface area contributed by atoms with Crippen LogP contribution in [0, 0.1) is 13.8 Å². The first kappa shape index (κ1) is 31.9. The number of imide groups is 1. The molecule has 1 aliphatic rings. The maximum absolute atomic E-state index is 14.6. The Morgan fingerprint density at radius 3 is 1.54 bits per heavy atom. The number of phosphoric ester groups is 1. The molecule has 0 aliphatic carbocycles. The topological polar surface area (TPSA) is 82.1 Å². The fraction of sp³-hybridized carbons (Fsp3) is 0.167. The molecule has 0 bridgehead atoms. The second kappa shape index (κ2) is 13.3. The quantitative estimate of drug-likeness (QED) is 0.103. The second-order valence-corrected chi connectivity index (χ2v) is 14.5. The minimum atomic E-state index is -4.03. The van der Waals surface area contributed by atoms with Crippen LogP contribution in [0.1, 0.15) is 34.7 Å². The van der Waals surface area contributed by atoms with Gasteiger partial charge in [0.05, 0.1) is 30.0 Å². The van der Waals surface area contributed by atoms with Gasteiger partial charge < -0.3 is 4.52 Å². The highest BCUT2D eigenvalue weighted by Gasteiger charge is 2.44. The summed E-state index contributed by atoms with van der Waals surface area (Å²) in [5, 5.41) is 0. The molecule has 0 unspecified atom stereocenters. The Kier molecular flexibility index (Phi) is 9.22. The van der Waals surface area contributed by atoms with Crippen molar-refractivity contribution < 1.29 is 27.7 Å². The lowest BCUT2D eigenvalue weighted by atomic mass is 9.96. The lowest BCUT2D eigenvalue weighted by Gasteiger charge is -2.22. The molecule has 0 spiro atoms. The van der Waals surface area contributed by atoms with Gasteiger partial charge in [0, 0.05) is 30.6 Å². The Labute approximate surface area is 276 Å². The number of amides is 2. The van der Waals surface area contributed by atoms with E-state index in [1.165, 1.54) is 0 Å². The van der Waals surface area contributed by atoms with Gasteiger partial charge >= 0.3 is 7.82 Å². The van der Waals surface area contributed by atoms with Gasteiger partial charge in [0.1, 0.15) is 0 Å². The van der Waals surface area contributed by atoms with Crippen molar-refractivity contribution in [3.8, 4) is 26.6 Å². The van der Waals surface area contributed by atoms with Crippen LogP contribution in [0.25, 0.3) is 32.0 Å². The van der Waals surface area contributed by atoms with Gasteiger partial charge in [-0.05, 0) is 63.1 Å². The largest absolute Gasteiger partial charge is 0.530 e. The summed E-state index contributed by atoms with van der Waals surface area (Å²) in [6.45, 7) is 7.45. The van der Waals surface area contributed by atoms with Crippen LogP contribution in [0.2, 0.25) is 0 Å². The van der Waals surface area contributed by atoms with Gasteiger partial charge in [0.2, 0.25) is 0 Å². The zero-order valence-corrected chi connectivity index (χ0v) is 28.3. The molecule has 2 amide bonds. The predicted molar refractivity (Wildman–Crippen MR) is 186 cm³/mol. The number of hydrogen-bond acceptors (Lipinski definition) is 8. The maximum atomic E-state index is 14.6. The molecule has 10 heteroatoms. The zero-order valence-electron chi connectivity index (χ0n) is 25.8. The Morgan fingerprint density at radius 2 is 1.09 bits per heavy atom. The molecular formula is C36H32NO6PS2. The van der Waals surface area contributed by atoms with Gasteiger partial charge in [0.25, 0.3) is 11.8 Å². The van der Waals surface area contributed by atoms with Crippen LogP contribution in [0.4, 0.5) is 5.69 Å². The van der Waals surface area contributed by atoms with Crippen LogP contribution in [-0.4, -0.2) is 25.0 Å². The molecule has 5 aromatic rings. The maximum Gasteiger partial charge on any atom is 0.530 e. The molecule has 1 aliphatic heterocycles. The van der Waals surface area contributed by atoms with Gasteiger partial charge in [-0.2, -0.15) is 0 Å². The minimum absolute atomic E-state index is 0.0362. The van der Waals surface area contributed by atoms with E-state index < -0.39 is 19.6 Å². The molecule has 2 aromatic heterocycles. The number of carbonyl (C=O) groups excluding carboxylic acids is 2. The summed E-state index contributed by atoms with van der Waals surface area (Å²) < 4.78 is 29.9. The number of nitrogens with zero attached hydrogens (tertiary/aromatic N) is 1. The smallest absolute Gasteiger partial charge is 0.402 e. The average Bonchev–Trinajstić information content (AvgIpc) is 3.70. The fourth-order valence-corrected chi connectivity index (χ4v) is 8.71. The number of para-hydroxylation sites is 2. The molecule has 6 rings (SSSR count). The van der Waals surface area contributed by atoms with Crippen LogP contribution in [0.3, 0.4) is 0 Å². The summed E-state index contributed by atoms with van der Waals surface area (Å²) in [6, 6.07) is 30.4. The number of thiophene rings is 2. The van der Waals surface area contributed by atoms with Gasteiger partial charge in [0.15, 0.2) is 5.75 Å². The van der Waals surface area contributed by atoms with E-state index in [1.807, 2.05) is 86.6 Å². The average molecular weight is 670 g/mol. The molecular weight excluding hydrogens is 638 g/mol. The Morgan fingerprint density at radius 1 is 0.652 bits per heavy atom. The molecule has 46 heavy (non-hydrogen) atoms. The molecule has 0 fully saturated rings. The monoisotopic (exact) mass is 669 g/mol. The molecule has 0 saturated heterocycles. The van der Waals surface area contributed by atoms with E-state index in [0.717, 1.165) is 35.5 Å². The van der Waals surface area contributed by atoms with Gasteiger partial charge in [-0.25, -0.2) is 9.46 Å². The van der Waals surface area contributed by atoms with Crippen molar-refractivity contribution in [1.82, 2.24) is 0 Å². The summed E-state index contributed by atoms with van der Waals surface area (Å²) >= 11 is 3.14. The van der Waals surface area contributed by atoms with Crippen molar-refractivity contribution in [1.29, 1.82) is 0 Å². The van der Waals surface area contributed by atoms with Crippen LogP contribution in [-0.2, 0) is 23.2 Å². The molecule has 7 nitrogen and oxygen atoms in total. The van der Waals surface area contributed by atoms with E-state index >= 15 is 0 Å². The first-order valence-electron chi connectivity index (χ1n) is 14.9. The first-order valence-corrected chi connectivity index (χ1v) is 18.0. The lowest BCUT2D eigenvalue weighted by molar-refractivity contribution is -0.119. The Balaban J connectivity index is 1.52. The van der Waals surface area contributed by atoms with E-state index in [9.17, 15) is 14.2 Å². The molecule has 3 heterocycles. The highest BCUT2D eigenvalue weighted by atomic mass is 32.1. The summed E-state index contributed by atoms with van der Waals surface area (Å²) in [4.78, 5) is 34.2. The number of rotatable bonds is 11. The van der Waals surface area contributed by atoms with E-state index in [4.69, 9.17) is 13.6 Å². The van der Waals surface area contributed by atoms with E-state index in [0.29, 0.717) is 22.3 Å². The number of aryl methyl sites for hydroxylation is 2. The molecule has 0 radical (unpaired) electrons. The summed E-state index contributed by atoms with van der Waals surface area (Å²) in [5.41, 5.74) is 4.22. The van der Waals surface area contributed by atoms with Crippen molar-refractivity contribution in [3.63, 3.8) is 0 Å².